The van der Waals surface area contributed by atoms with Gasteiger partial charge in [-0.1, -0.05) is 79.7 Å². The third-order valence-corrected chi connectivity index (χ3v) is 5.69. The van der Waals surface area contributed by atoms with Crippen LogP contribution in [0.5, 0.6) is 11.6 Å². The van der Waals surface area contributed by atoms with Crippen molar-refractivity contribution in [1.82, 2.24) is 15.3 Å². The number of hydrogen-bond acceptors (Lipinski definition) is 9. The average Bonchev–Trinajstić information content (AvgIpc) is 3.12. The van der Waals surface area contributed by atoms with Crippen LogP contribution in [0.4, 0.5) is 17.3 Å². The van der Waals surface area contributed by atoms with Crippen molar-refractivity contribution in [3.63, 3.8) is 0 Å². The van der Waals surface area contributed by atoms with Gasteiger partial charge in [-0.15, -0.1) is 0 Å². The Morgan fingerprint density at radius 1 is 0.787 bits per heavy atom. The lowest BCUT2D eigenvalue weighted by Gasteiger charge is -2.12. The minimum Gasteiger partial charge on any atom is -0.438 e. The number of methoxy groups -OCH3 is 1. The number of benzene rings is 3. The number of ether oxygens (including phenoxy) is 4. The maximum absolute atomic E-state index is 12.7. The van der Waals surface area contributed by atoms with Gasteiger partial charge in [-0.05, 0) is 42.8 Å². The monoisotopic (exact) mass is 651 g/mol. The number of hydrogen-bond donors (Lipinski definition) is 3. The SMILES string of the molecule is CC.CC.CC.CC.COCCOCCOCCNC(=O)c1cc(C)cc(Nc2nccc(Oc3ccc(N)c4ccccc34)n2)c1. The number of aromatic nitrogens is 2. The fraction of sp³-hybridized carbons (Fsp3) is 0.432. The molecule has 4 aromatic rings. The van der Waals surface area contributed by atoms with E-state index in [2.05, 4.69) is 20.6 Å². The van der Waals surface area contributed by atoms with Gasteiger partial charge in [0.05, 0.1) is 33.0 Å². The number of fused-ring (bicyclic) bond motifs is 1. The summed E-state index contributed by atoms with van der Waals surface area (Å²) in [7, 11) is 1.63. The number of rotatable bonds is 14. The van der Waals surface area contributed by atoms with E-state index < -0.39 is 0 Å². The Kier molecular flexibility index (Phi) is 24.5. The zero-order valence-corrected chi connectivity index (χ0v) is 30.1. The molecule has 1 amide bonds. The van der Waals surface area contributed by atoms with E-state index in [9.17, 15) is 4.79 Å². The molecule has 0 atom stereocenters. The van der Waals surface area contributed by atoms with Crippen molar-refractivity contribution in [3.8, 4) is 11.6 Å². The fourth-order valence-corrected chi connectivity index (χ4v) is 3.87. The molecule has 3 aromatic carbocycles. The van der Waals surface area contributed by atoms with Crippen LogP contribution in [0.3, 0.4) is 0 Å². The molecule has 0 fully saturated rings. The molecule has 0 aliphatic rings. The highest BCUT2D eigenvalue weighted by Crippen LogP contribution is 2.32. The highest BCUT2D eigenvalue weighted by Gasteiger charge is 2.11. The topological polar surface area (TPSA) is 130 Å². The van der Waals surface area contributed by atoms with Gasteiger partial charge in [0, 0.05) is 53.6 Å². The van der Waals surface area contributed by atoms with Crippen LogP contribution in [0.15, 0.2) is 66.9 Å². The van der Waals surface area contributed by atoms with E-state index in [0.717, 1.165) is 16.3 Å². The summed E-state index contributed by atoms with van der Waals surface area (Å²) in [6, 6.07) is 18.5. The van der Waals surface area contributed by atoms with Crippen LogP contribution in [0.25, 0.3) is 10.8 Å². The molecule has 0 saturated carbocycles. The number of carbonyl (C=O) groups is 1. The van der Waals surface area contributed by atoms with Crippen LogP contribution in [-0.2, 0) is 14.2 Å². The van der Waals surface area contributed by atoms with E-state index >= 15 is 0 Å². The first-order valence-electron chi connectivity index (χ1n) is 16.6. The number of nitrogen functional groups attached to an aromatic ring is 1. The van der Waals surface area contributed by atoms with Crippen LogP contribution in [0.1, 0.15) is 71.3 Å². The molecule has 10 heteroatoms. The first-order chi connectivity index (χ1) is 23.0. The molecule has 260 valence electrons. The van der Waals surface area contributed by atoms with Crippen LogP contribution in [0.2, 0.25) is 0 Å². The van der Waals surface area contributed by atoms with Crippen molar-refractivity contribution >= 4 is 34.0 Å². The average molecular weight is 652 g/mol. The van der Waals surface area contributed by atoms with Crippen molar-refractivity contribution in [1.29, 1.82) is 0 Å². The van der Waals surface area contributed by atoms with E-state index in [0.29, 0.717) is 74.1 Å². The summed E-state index contributed by atoms with van der Waals surface area (Å²) in [4.78, 5) is 21.5. The standard InChI is InChI=1S/C29H33N5O5.4C2H6/c1-20-17-21(28(35)31-11-12-37-15-16-38-14-13-36-2)19-22(18-20)33-29-32-10-9-27(34-29)39-26-8-7-25(30)23-5-3-4-6-24(23)26;4*1-2/h3-10,17-19H,11-16,30H2,1-2H3,(H,31,35)(H,32,33,34);4*1-2H3. The highest BCUT2D eigenvalue weighted by molar-refractivity contribution is 5.97. The molecule has 47 heavy (non-hydrogen) atoms. The summed E-state index contributed by atoms with van der Waals surface area (Å²) in [5, 5.41) is 7.84. The van der Waals surface area contributed by atoms with E-state index in [1.54, 1.807) is 25.4 Å². The minimum absolute atomic E-state index is 0.199. The van der Waals surface area contributed by atoms with Gasteiger partial charge in [0.1, 0.15) is 5.75 Å². The number of nitrogens with one attached hydrogen (secondary N) is 2. The Bertz CT molecular complexity index is 1400. The summed E-state index contributed by atoms with van der Waals surface area (Å²) in [5.41, 5.74) is 8.89. The molecule has 1 heterocycles. The predicted octanol–water partition coefficient (Wildman–Crippen LogP) is 8.57. The third-order valence-electron chi connectivity index (χ3n) is 5.69. The highest BCUT2D eigenvalue weighted by atomic mass is 16.5. The van der Waals surface area contributed by atoms with Crippen molar-refractivity contribution in [3.05, 3.63) is 78.0 Å². The molecule has 0 bridgehead atoms. The van der Waals surface area contributed by atoms with Gasteiger partial charge in [-0.25, -0.2) is 4.98 Å². The first-order valence-corrected chi connectivity index (χ1v) is 16.6. The van der Waals surface area contributed by atoms with Gasteiger partial charge >= 0.3 is 0 Å². The maximum atomic E-state index is 12.7. The number of carbonyl (C=O) groups excluding carboxylic acids is 1. The van der Waals surface area contributed by atoms with Crippen molar-refractivity contribution in [2.45, 2.75) is 62.3 Å². The Morgan fingerprint density at radius 2 is 1.43 bits per heavy atom. The quantitative estimate of drug-likeness (QED) is 0.0906. The normalized spacial score (nSPS) is 9.57. The van der Waals surface area contributed by atoms with Gasteiger partial charge in [0.25, 0.3) is 5.91 Å². The van der Waals surface area contributed by atoms with Gasteiger partial charge in [-0.2, -0.15) is 4.98 Å². The molecule has 0 saturated heterocycles. The summed E-state index contributed by atoms with van der Waals surface area (Å²) in [6.45, 7) is 20.7. The van der Waals surface area contributed by atoms with E-state index in [4.69, 9.17) is 24.7 Å². The van der Waals surface area contributed by atoms with E-state index in [1.165, 1.54) is 0 Å². The fourth-order valence-electron chi connectivity index (χ4n) is 3.87. The van der Waals surface area contributed by atoms with Crippen LogP contribution >= 0.6 is 0 Å². The smallest absolute Gasteiger partial charge is 0.251 e. The second-order valence-electron chi connectivity index (χ2n) is 8.71. The Hall–Kier alpha value is -4.25. The zero-order valence-electron chi connectivity index (χ0n) is 30.1. The molecule has 0 spiro atoms. The summed E-state index contributed by atoms with van der Waals surface area (Å²) in [6.07, 6.45) is 1.61. The van der Waals surface area contributed by atoms with Crippen molar-refractivity contribution < 1.29 is 23.7 Å². The molecule has 0 unspecified atom stereocenters. The molecular formula is C37H57N5O5. The first kappa shape index (κ1) is 42.8. The lowest BCUT2D eigenvalue weighted by molar-refractivity contribution is 0.0255. The molecule has 4 N–H and O–H groups in total. The number of amides is 1. The van der Waals surface area contributed by atoms with Gasteiger partial charge in [0.15, 0.2) is 0 Å². The second kappa shape index (κ2) is 26.9. The molecular weight excluding hydrogens is 594 g/mol. The predicted molar refractivity (Wildman–Crippen MR) is 196 cm³/mol. The van der Waals surface area contributed by atoms with Crippen LogP contribution in [-0.4, -0.2) is 62.6 Å². The van der Waals surface area contributed by atoms with Crippen LogP contribution < -0.4 is 21.1 Å². The summed E-state index contributed by atoms with van der Waals surface area (Å²) >= 11 is 0. The number of nitrogens with zero attached hydrogens (tertiary/aromatic N) is 2. The Balaban J connectivity index is 0.00000246. The van der Waals surface area contributed by atoms with Gasteiger partial charge < -0.3 is 35.3 Å². The third kappa shape index (κ3) is 15.7. The van der Waals surface area contributed by atoms with Crippen molar-refractivity contribution in [2.24, 2.45) is 0 Å². The number of anilines is 3. The van der Waals surface area contributed by atoms with Crippen LogP contribution in [0, 0.1) is 6.92 Å². The molecule has 4 rings (SSSR count). The van der Waals surface area contributed by atoms with E-state index in [-0.39, 0.29) is 5.91 Å². The Labute approximate surface area is 282 Å². The number of aryl methyl sites for hydroxylation is 1. The summed E-state index contributed by atoms with van der Waals surface area (Å²) < 4.78 is 21.8. The van der Waals surface area contributed by atoms with Crippen molar-refractivity contribution in [2.75, 3.05) is 57.7 Å². The van der Waals surface area contributed by atoms with Gasteiger partial charge in [-0.3, -0.25) is 4.79 Å². The minimum atomic E-state index is -0.199. The maximum Gasteiger partial charge on any atom is 0.251 e. The number of nitrogens with two attached hydrogens (primary N) is 1. The molecule has 0 aliphatic heterocycles. The molecule has 0 aliphatic carbocycles. The Morgan fingerprint density at radius 3 is 2.11 bits per heavy atom. The molecule has 0 radical (unpaired) electrons. The zero-order chi connectivity index (χ0) is 35.5. The van der Waals surface area contributed by atoms with E-state index in [1.807, 2.05) is 111 Å². The summed E-state index contributed by atoms with van der Waals surface area (Å²) in [5.74, 6) is 1.15. The lowest BCUT2D eigenvalue weighted by Crippen LogP contribution is -2.27. The second-order valence-corrected chi connectivity index (χ2v) is 8.71. The molecule has 10 nitrogen and oxygen atoms in total. The van der Waals surface area contributed by atoms with Gasteiger partial charge in [0.2, 0.25) is 11.8 Å². The largest absolute Gasteiger partial charge is 0.438 e. The lowest BCUT2D eigenvalue weighted by atomic mass is 10.1. The molecule has 1 aromatic heterocycles.